The van der Waals surface area contributed by atoms with Crippen molar-refractivity contribution in [3.8, 4) is 5.75 Å². The number of pyridine rings is 1. The molecule has 1 aliphatic heterocycles. The average Bonchev–Trinajstić information content (AvgIpc) is 2.30. The Balaban J connectivity index is 1.95. The zero-order chi connectivity index (χ0) is 12.1. The molecule has 1 saturated heterocycles. The first kappa shape index (κ1) is 12.4. The number of hydrogen-bond acceptors (Lipinski definition) is 3. The molecule has 0 saturated carbocycles. The molecule has 1 fully saturated rings. The van der Waals surface area contributed by atoms with Crippen LogP contribution in [0.25, 0.3) is 0 Å². The Bertz CT molecular complexity index is 346. The quantitative estimate of drug-likeness (QED) is 0.801. The number of aromatic nitrogens is 1. The van der Waals surface area contributed by atoms with Gasteiger partial charge in [-0.2, -0.15) is 0 Å². The zero-order valence-electron chi connectivity index (χ0n) is 10.9. The summed E-state index contributed by atoms with van der Waals surface area (Å²) in [6, 6.07) is 3.99. The molecule has 1 aliphatic rings. The second-order valence-electron chi connectivity index (χ2n) is 4.99. The van der Waals surface area contributed by atoms with E-state index in [4.69, 9.17) is 4.74 Å². The van der Waals surface area contributed by atoms with Crippen LogP contribution >= 0.6 is 0 Å². The van der Waals surface area contributed by atoms with Gasteiger partial charge in [0.05, 0.1) is 11.8 Å². The largest absolute Gasteiger partial charge is 0.491 e. The van der Waals surface area contributed by atoms with Crippen LogP contribution in [0.15, 0.2) is 18.3 Å². The molecule has 0 aliphatic carbocycles. The van der Waals surface area contributed by atoms with Gasteiger partial charge in [-0.05, 0) is 45.8 Å². The Labute approximate surface area is 104 Å². The minimum absolute atomic E-state index is 0.222. The molecule has 0 unspecified atom stereocenters. The molecule has 0 N–H and O–H groups in total. The first-order valence-corrected chi connectivity index (χ1v) is 6.58. The van der Waals surface area contributed by atoms with Gasteiger partial charge >= 0.3 is 0 Å². The number of hydrogen-bond donors (Lipinski definition) is 0. The Morgan fingerprint density at radius 3 is 2.76 bits per heavy atom. The van der Waals surface area contributed by atoms with E-state index in [1.54, 1.807) is 0 Å². The second kappa shape index (κ2) is 6.01. The van der Waals surface area contributed by atoms with E-state index in [2.05, 4.69) is 16.0 Å². The van der Waals surface area contributed by atoms with Crippen LogP contribution in [0.5, 0.6) is 5.75 Å². The number of nitrogens with zero attached hydrogens (tertiary/aromatic N) is 2. The summed E-state index contributed by atoms with van der Waals surface area (Å²) in [4.78, 5) is 6.90. The molecule has 3 nitrogen and oxygen atoms in total. The smallest absolute Gasteiger partial charge is 0.123 e. The summed E-state index contributed by atoms with van der Waals surface area (Å²) in [7, 11) is 0. The van der Waals surface area contributed by atoms with Crippen LogP contribution in [0.3, 0.4) is 0 Å². The Morgan fingerprint density at radius 2 is 2.06 bits per heavy atom. The van der Waals surface area contributed by atoms with E-state index < -0.39 is 0 Å². The van der Waals surface area contributed by atoms with Crippen LogP contribution in [-0.4, -0.2) is 29.1 Å². The molecular formula is C14H22N2O. The standard InChI is InChI=1S/C14H22N2O/c1-12(2)17-14-6-7-15-13(10-14)11-16-8-4-3-5-9-16/h6-7,10,12H,3-5,8-9,11H2,1-2H3. The van der Waals surface area contributed by atoms with Crippen LogP contribution in [-0.2, 0) is 6.54 Å². The summed E-state index contributed by atoms with van der Waals surface area (Å²) in [6.45, 7) is 7.46. The van der Waals surface area contributed by atoms with Crippen LogP contribution in [0.2, 0.25) is 0 Å². The van der Waals surface area contributed by atoms with E-state index >= 15 is 0 Å². The summed E-state index contributed by atoms with van der Waals surface area (Å²) >= 11 is 0. The fourth-order valence-electron chi connectivity index (χ4n) is 2.23. The lowest BCUT2D eigenvalue weighted by atomic mass is 10.1. The lowest BCUT2D eigenvalue weighted by Crippen LogP contribution is -2.29. The van der Waals surface area contributed by atoms with Crippen molar-refractivity contribution in [2.75, 3.05) is 13.1 Å². The molecule has 2 rings (SSSR count). The van der Waals surface area contributed by atoms with Gasteiger partial charge in [-0.25, -0.2) is 0 Å². The maximum absolute atomic E-state index is 5.69. The van der Waals surface area contributed by atoms with Crippen molar-refractivity contribution in [2.45, 2.75) is 45.8 Å². The Hall–Kier alpha value is -1.09. The van der Waals surface area contributed by atoms with Crippen LogP contribution in [0.4, 0.5) is 0 Å². The van der Waals surface area contributed by atoms with Gasteiger partial charge in [0.25, 0.3) is 0 Å². The fourth-order valence-corrected chi connectivity index (χ4v) is 2.23. The van der Waals surface area contributed by atoms with E-state index in [1.807, 2.05) is 26.1 Å². The number of piperidine rings is 1. The SMILES string of the molecule is CC(C)Oc1ccnc(CN2CCCCC2)c1. The van der Waals surface area contributed by atoms with Crippen molar-refractivity contribution in [1.82, 2.24) is 9.88 Å². The van der Waals surface area contributed by atoms with Crippen molar-refractivity contribution < 1.29 is 4.74 Å². The number of ether oxygens (including phenoxy) is 1. The molecule has 2 heterocycles. The molecule has 0 spiro atoms. The van der Waals surface area contributed by atoms with Crippen molar-refractivity contribution in [1.29, 1.82) is 0 Å². The molecule has 0 atom stereocenters. The Kier molecular flexibility index (Phi) is 4.37. The summed E-state index contributed by atoms with van der Waals surface area (Å²) in [5.41, 5.74) is 1.12. The van der Waals surface area contributed by atoms with Gasteiger partial charge in [0.2, 0.25) is 0 Å². The molecule has 94 valence electrons. The molecule has 0 radical (unpaired) electrons. The first-order chi connectivity index (χ1) is 8.24. The van der Waals surface area contributed by atoms with Gasteiger partial charge in [-0.15, -0.1) is 0 Å². The van der Waals surface area contributed by atoms with Gasteiger partial charge in [-0.1, -0.05) is 6.42 Å². The summed E-state index contributed by atoms with van der Waals surface area (Å²) in [6.07, 6.45) is 6.09. The topological polar surface area (TPSA) is 25.4 Å². The Morgan fingerprint density at radius 1 is 1.29 bits per heavy atom. The molecule has 1 aromatic rings. The maximum atomic E-state index is 5.69. The van der Waals surface area contributed by atoms with Gasteiger partial charge in [0, 0.05) is 18.8 Å². The summed E-state index contributed by atoms with van der Waals surface area (Å²) < 4.78 is 5.69. The average molecular weight is 234 g/mol. The predicted molar refractivity (Wildman–Crippen MR) is 69.1 cm³/mol. The third-order valence-corrected chi connectivity index (χ3v) is 2.99. The van der Waals surface area contributed by atoms with Gasteiger partial charge in [0.15, 0.2) is 0 Å². The lowest BCUT2D eigenvalue weighted by molar-refractivity contribution is 0.216. The molecular weight excluding hydrogens is 212 g/mol. The van der Waals surface area contributed by atoms with Gasteiger partial charge < -0.3 is 4.74 Å². The minimum atomic E-state index is 0.222. The third kappa shape index (κ3) is 4.00. The van der Waals surface area contributed by atoms with Crippen molar-refractivity contribution in [3.63, 3.8) is 0 Å². The van der Waals surface area contributed by atoms with Crippen molar-refractivity contribution in [3.05, 3.63) is 24.0 Å². The van der Waals surface area contributed by atoms with Gasteiger partial charge in [0.1, 0.15) is 5.75 Å². The van der Waals surface area contributed by atoms with Crippen LogP contribution in [0.1, 0.15) is 38.8 Å². The van der Waals surface area contributed by atoms with E-state index in [1.165, 1.54) is 32.4 Å². The highest BCUT2D eigenvalue weighted by molar-refractivity contribution is 5.22. The monoisotopic (exact) mass is 234 g/mol. The van der Waals surface area contributed by atoms with Crippen LogP contribution < -0.4 is 4.74 Å². The van der Waals surface area contributed by atoms with Crippen LogP contribution in [0, 0.1) is 0 Å². The zero-order valence-corrected chi connectivity index (χ0v) is 10.9. The molecule has 3 heteroatoms. The highest BCUT2D eigenvalue weighted by atomic mass is 16.5. The minimum Gasteiger partial charge on any atom is -0.491 e. The molecule has 0 bridgehead atoms. The lowest BCUT2D eigenvalue weighted by Gasteiger charge is -2.26. The highest BCUT2D eigenvalue weighted by Gasteiger charge is 2.11. The molecule has 17 heavy (non-hydrogen) atoms. The second-order valence-corrected chi connectivity index (χ2v) is 4.99. The first-order valence-electron chi connectivity index (χ1n) is 6.58. The molecule has 1 aromatic heterocycles. The maximum Gasteiger partial charge on any atom is 0.123 e. The summed E-state index contributed by atoms with van der Waals surface area (Å²) in [5, 5.41) is 0. The van der Waals surface area contributed by atoms with E-state index in [0.717, 1.165) is 18.0 Å². The molecule has 0 aromatic carbocycles. The fraction of sp³-hybridized carbons (Fsp3) is 0.643. The van der Waals surface area contributed by atoms with E-state index in [9.17, 15) is 0 Å². The highest BCUT2D eigenvalue weighted by Crippen LogP contribution is 2.16. The van der Waals surface area contributed by atoms with E-state index in [0.29, 0.717) is 0 Å². The van der Waals surface area contributed by atoms with E-state index in [-0.39, 0.29) is 6.10 Å². The molecule has 0 amide bonds. The third-order valence-electron chi connectivity index (χ3n) is 2.99. The number of likely N-dealkylation sites (tertiary alicyclic amines) is 1. The predicted octanol–water partition coefficient (Wildman–Crippen LogP) is 2.85. The summed E-state index contributed by atoms with van der Waals surface area (Å²) in [5.74, 6) is 0.932. The van der Waals surface area contributed by atoms with Gasteiger partial charge in [-0.3, -0.25) is 9.88 Å². The number of rotatable bonds is 4. The van der Waals surface area contributed by atoms with Crippen molar-refractivity contribution in [2.24, 2.45) is 0 Å². The normalized spacial score (nSPS) is 17.4. The van der Waals surface area contributed by atoms with Crippen molar-refractivity contribution >= 4 is 0 Å².